The van der Waals surface area contributed by atoms with E-state index >= 15 is 0 Å². The molecule has 0 saturated carbocycles. The lowest BCUT2D eigenvalue weighted by Crippen LogP contribution is -2.26. The first-order valence-corrected chi connectivity index (χ1v) is 42.9. The van der Waals surface area contributed by atoms with Crippen LogP contribution in [0.25, 0.3) is 11.1 Å². The van der Waals surface area contributed by atoms with E-state index in [1.165, 1.54) is 36.0 Å². The first-order chi connectivity index (χ1) is 61.1. The highest BCUT2D eigenvalue weighted by Gasteiger charge is 2.55. The second-order valence-corrected chi connectivity index (χ2v) is 33.8. The number of nitrogens with zero attached hydrogens (tertiary/aromatic N) is 11. The number of carboxylic acids is 1. The Kier molecular flexibility index (Phi) is 34.0. The molecule has 1 aliphatic heterocycles. The topological polar surface area (TPSA) is 295 Å². The zero-order valence-corrected chi connectivity index (χ0v) is 72.3. The number of ether oxygens (including phenoxy) is 3. The predicted octanol–water partition coefficient (Wildman–Crippen LogP) is 18.1. The number of thioether (sulfide) groups is 2. The number of aliphatic carboxylic acids is 1. The molecule has 1 saturated heterocycles. The molecule has 131 heavy (non-hydrogen) atoms. The quantitative estimate of drug-likeness (QED) is 0.0238. The highest BCUT2D eigenvalue weighted by Crippen LogP contribution is 2.61. The fraction of sp³-hybridized carbons (Fsp3) is 0.512. The summed E-state index contributed by atoms with van der Waals surface area (Å²) in [4.78, 5) is 86.0. The molecule has 0 radical (unpaired) electrons. The average molecular weight is 1970 g/mol. The van der Waals surface area contributed by atoms with Gasteiger partial charge in [-0.25, -0.2) is 39.5 Å². The van der Waals surface area contributed by atoms with Crippen LogP contribution < -0.4 is 5.73 Å². The zero-order valence-electron chi connectivity index (χ0n) is 68.9. The Morgan fingerprint density at radius 1 is 0.511 bits per heavy atom. The number of thiol groups is 2. The first-order valence-electron chi connectivity index (χ1n) is 39.7. The van der Waals surface area contributed by atoms with Gasteiger partial charge in [-0.15, -0.1) is 23.5 Å². The zero-order chi connectivity index (χ0) is 97.2. The summed E-state index contributed by atoms with van der Waals surface area (Å²) in [6.07, 6.45) is -23.3. The summed E-state index contributed by atoms with van der Waals surface area (Å²) in [5.41, 5.74) is -5.27. The molecule has 14 rings (SSSR count). The summed E-state index contributed by atoms with van der Waals surface area (Å²) >= 11 is 10.8. The maximum Gasteiger partial charge on any atom is 0.435 e. The molecule has 2 aromatic carbocycles. The third-order valence-electron chi connectivity index (χ3n) is 20.6. The van der Waals surface area contributed by atoms with Crippen molar-refractivity contribution in [3.63, 3.8) is 0 Å². The van der Waals surface area contributed by atoms with Gasteiger partial charge in [0.15, 0.2) is 40.0 Å². The van der Waals surface area contributed by atoms with E-state index in [4.69, 9.17) is 15.6 Å². The lowest BCUT2D eigenvalue weighted by atomic mass is 9.86. The molecule has 8 aromatic rings. The molecule has 7 heterocycles. The Bertz CT molecular complexity index is 5460. The van der Waals surface area contributed by atoms with Crippen LogP contribution in [-0.2, 0) is 162 Å². The molecule has 3 N–H and O–H groups in total. The Balaban J connectivity index is 0.000000192. The van der Waals surface area contributed by atoms with Gasteiger partial charge in [-0.05, 0) is 144 Å². The Morgan fingerprint density at radius 2 is 0.908 bits per heavy atom. The normalized spacial score (nSPS) is 16.5. The molecule has 5 aliphatic carbocycles. The molecule has 1 atom stereocenters. The number of benzene rings is 2. The van der Waals surface area contributed by atoms with Gasteiger partial charge in [0.05, 0.1) is 70.2 Å². The van der Waals surface area contributed by atoms with Crippen LogP contribution >= 0.6 is 48.8 Å². The number of Topliss-reactive ketones (excluding diaryl/α,β-unsaturated/α-hetero) is 2. The van der Waals surface area contributed by atoms with Gasteiger partial charge >= 0.3 is 54.8 Å². The number of amides is 1. The molecule has 6 aliphatic rings. The monoisotopic (exact) mass is 1970 g/mol. The van der Waals surface area contributed by atoms with Crippen LogP contribution in [0.3, 0.4) is 0 Å². The maximum atomic E-state index is 14.6. The number of carbonyl (C=O) groups is 7. The number of hydrogen-bond donors (Lipinski definition) is 4. The van der Waals surface area contributed by atoms with Crippen molar-refractivity contribution in [3.8, 4) is 11.1 Å². The lowest BCUT2D eigenvalue weighted by molar-refractivity contribution is -0.147. The van der Waals surface area contributed by atoms with E-state index < -0.39 is 226 Å². The number of ketones is 2. The minimum Gasteiger partial charge on any atom is -0.480 e. The van der Waals surface area contributed by atoms with Gasteiger partial charge in [0.25, 0.3) is 23.7 Å². The third kappa shape index (κ3) is 25.5. The van der Waals surface area contributed by atoms with Crippen LogP contribution in [-0.4, -0.2) is 144 Å². The second-order valence-electron chi connectivity index (χ2n) is 29.8. The molecule has 1 amide bonds. The van der Waals surface area contributed by atoms with Crippen LogP contribution in [0, 0.1) is 17.5 Å². The van der Waals surface area contributed by atoms with E-state index in [-0.39, 0.29) is 116 Å². The fourth-order valence-electron chi connectivity index (χ4n) is 15.6. The van der Waals surface area contributed by atoms with E-state index in [9.17, 15) is 139 Å². The number of rotatable bonds is 20. The third-order valence-corrected chi connectivity index (χ3v) is 25.0. The molecule has 23 nitrogen and oxygen atoms in total. The van der Waals surface area contributed by atoms with E-state index in [0.29, 0.717) is 57.1 Å². The van der Waals surface area contributed by atoms with Gasteiger partial charge in [0, 0.05) is 95.7 Å². The van der Waals surface area contributed by atoms with Crippen LogP contribution in [0.15, 0.2) is 54.7 Å². The van der Waals surface area contributed by atoms with Gasteiger partial charge in [-0.3, -0.25) is 62.0 Å². The number of methoxy groups -OCH3 is 1. The van der Waals surface area contributed by atoms with Gasteiger partial charge in [0.2, 0.25) is 0 Å². The standard InChI is InChI=1S/C31H24F8N4O2.C14H17F3N2O2S2.C12H13F5N2O2.C11H11F3N2O3.C10H9F5N2O2.C2H6S2/c32-19-10-16(11-20(33)14-19)9-18(27-22(3-2-8-41-27)17-5-6-24(34)23(13-17)29(40)45)12-21(44)15-43-25-4-1-7-30(35,36)26(25)28(42-43)31(37,38)39;1-2-21-10(20)8-19-9-4-3-5-13(22-6-7-23-13)11(9)12(18-19)14(15,16)17;1-2-21-8(20)6-19-7-4-3-5-11(13,14)9(7)10(18-19)12(15,16)17;1-19-8(18)5-16-6-3-2-4-7(17)9(6)10(15-16)11(12,13)14;11-9(12)3-1-2-5-7(9)8(10(13,14)15)16-17(5)4-6(18)19;3-1-2-4/h2-3,5-6,8,10-11,13-14,18H,1,4,7,9,12,15H2,(H2,40,45);2-8H2,1H3;2-6H2,1H3;2-5H2,1H3;1-4H2,(H,18,19);3-4H,1-2H2/t18-;;;;;/m1...../s1. The Hall–Kier alpha value is -9.95. The Labute approximate surface area is 747 Å². The first kappa shape index (κ1) is 105. The number of pyridine rings is 1. The molecule has 718 valence electrons. The summed E-state index contributed by atoms with van der Waals surface area (Å²) in [7, 11) is 1.13. The van der Waals surface area contributed by atoms with Crippen molar-refractivity contribution in [3.05, 3.63) is 174 Å². The Morgan fingerprint density at radius 3 is 1.33 bits per heavy atom. The smallest absolute Gasteiger partial charge is 0.435 e. The largest absolute Gasteiger partial charge is 0.480 e. The van der Waals surface area contributed by atoms with E-state index in [1.54, 1.807) is 36.5 Å². The van der Waals surface area contributed by atoms with Gasteiger partial charge in [-0.2, -0.15) is 117 Å². The average Bonchev–Trinajstić information content (AvgIpc) is 1.58. The fourth-order valence-corrected chi connectivity index (χ4v) is 19.0. The number of primary amides is 1. The van der Waals surface area contributed by atoms with Crippen molar-refractivity contribution in [2.45, 2.75) is 214 Å². The van der Waals surface area contributed by atoms with Crippen molar-refractivity contribution in [2.24, 2.45) is 5.73 Å². The molecular weight excluding hydrogens is 1890 g/mol. The van der Waals surface area contributed by atoms with E-state index in [0.717, 1.165) is 59.4 Å². The second kappa shape index (κ2) is 42.5. The van der Waals surface area contributed by atoms with Crippen molar-refractivity contribution in [2.75, 3.05) is 43.3 Å². The SMILES string of the molecule is CCOC(=O)Cn1nc(C(F)(F)F)c2c1CCCC2(F)F.CCOC(=O)Cn1nc(C(F)(F)F)c2c1CCCC21SCCS1.COC(=O)Cn1nc(C(F)(F)F)c2c1CCCC2=O.NC(=O)c1cc(-c2cccnc2[C@@H](CC(=O)Cn2nc(C(F)(F)F)c3c2CCCC3(F)F)Cc2cc(F)cc(F)c2)ccc1F.O=C(O)Cn1nc(C(F)(F)F)c2c1CCCC2(F)F.SCCS. The molecule has 0 unspecified atom stereocenters. The number of halogens is 24. The number of alkyl halides is 21. The highest BCUT2D eigenvalue weighted by atomic mass is 32.2. The number of carboxylic acid groups (broad SMARTS) is 1. The van der Waals surface area contributed by atoms with Crippen LogP contribution in [0.2, 0.25) is 0 Å². The minimum absolute atomic E-state index is 0.0113. The van der Waals surface area contributed by atoms with Gasteiger partial charge in [0.1, 0.15) is 43.6 Å². The number of aromatic nitrogens is 11. The van der Waals surface area contributed by atoms with E-state index in [2.05, 4.69) is 65.2 Å². The maximum absolute atomic E-state index is 14.6. The number of nitrogens with two attached hydrogens (primary N) is 1. The van der Waals surface area contributed by atoms with Gasteiger partial charge in [-0.1, -0.05) is 12.1 Å². The number of carbonyl (C=O) groups excluding carboxylic acids is 6. The van der Waals surface area contributed by atoms with Gasteiger partial charge < -0.3 is 25.1 Å². The van der Waals surface area contributed by atoms with Crippen molar-refractivity contribution in [1.29, 1.82) is 0 Å². The molecular formula is C80H80F24N12O11S4. The summed E-state index contributed by atoms with van der Waals surface area (Å²) in [6.45, 7) is 0.489. The summed E-state index contributed by atoms with van der Waals surface area (Å²) in [5, 5.41) is 25.3. The van der Waals surface area contributed by atoms with Crippen LogP contribution in [0.1, 0.15) is 202 Å². The number of hydrogen-bond acceptors (Lipinski definition) is 20. The molecule has 51 heteroatoms. The molecule has 1 fully saturated rings. The van der Waals surface area contributed by atoms with Crippen LogP contribution in [0.5, 0.6) is 0 Å². The number of fused-ring (bicyclic) bond motifs is 6. The molecule has 1 spiro atoms. The summed E-state index contributed by atoms with van der Waals surface area (Å²) in [6, 6.07) is 9.29. The van der Waals surface area contributed by atoms with Crippen molar-refractivity contribution in [1.82, 2.24) is 53.9 Å². The van der Waals surface area contributed by atoms with E-state index in [1.807, 2.05) is 0 Å². The molecule has 0 bridgehead atoms. The summed E-state index contributed by atoms with van der Waals surface area (Å²) < 4.78 is 341. The van der Waals surface area contributed by atoms with Crippen LogP contribution in [0.4, 0.5) is 105 Å². The predicted molar refractivity (Wildman–Crippen MR) is 425 cm³/mol. The lowest BCUT2D eigenvalue weighted by Gasteiger charge is -2.33. The number of esters is 3. The summed E-state index contributed by atoms with van der Waals surface area (Å²) in [5.74, 6) is -17.1. The minimum atomic E-state index is -5.19. The molecule has 6 aromatic heterocycles. The highest BCUT2D eigenvalue weighted by molar-refractivity contribution is 8.20. The van der Waals surface area contributed by atoms with Crippen molar-refractivity contribution >= 4 is 90.1 Å². The van der Waals surface area contributed by atoms with Crippen molar-refractivity contribution < 1.29 is 158 Å².